The highest BCUT2D eigenvalue weighted by Gasteiger charge is 2.26. The van der Waals surface area contributed by atoms with Crippen LogP contribution in [0.1, 0.15) is 50.7 Å². The maximum atomic E-state index is 12.6. The monoisotopic (exact) mass is 480 g/mol. The number of methoxy groups -OCH3 is 1. The molecule has 1 aliphatic heterocycles. The van der Waals surface area contributed by atoms with Crippen molar-refractivity contribution in [2.75, 3.05) is 20.3 Å². The minimum absolute atomic E-state index is 0.0166. The van der Waals surface area contributed by atoms with Gasteiger partial charge in [-0.25, -0.2) is 9.78 Å². The molecule has 4 rings (SSSR count). The van der Waals surface area contributed by atoms with Crippen molar-refractivity contribution in [2.45, 2.75) is 20.5 Å². The number of aromatic nitrogens is 1. The summed E-state index contributed by atoms with van der Waals surface area (Å²) in [5.41, 5.74) is 2.45. The van der Waals surface area contributed by atoms with Gasteiger partial charge in [0.1, 0.15) is 18.1 Å². The second-order valence-electron chi connectivity index (χ2n) is 8.71. The first-order chi connectivity index (χ1) is 16.3. The molecule has 9 heteroatoms. The molecule has 8 nitrogen and oxygen atoms in total. The number of hydrogen-bond donors (Lipinski definition) is 2. The van der Waals surface area contributed by atoms with Crippen LogP contribution in [0.15, 0.2) is 35.7 Å². The Morgan fingerprint density at radius 2 is 2.03 bits per heavy atom. The number of hydrogen-bond acceptors (Lipinski definition) is 8. The maximum absolute atomic E-state index is 12.6. The number of aliphatic hydroxyl groups excluding tert-OH is 1. The summed E-state index contributed by atoms with van der Waals surface area (Å²) in [4.78, 5) is 42.5. The van der Waals surface area contributed by atoms with E-state index in [9.17, 15) is 19.5 Å². The molecule has 1 aliphatic rings. The molecule has 1 aromatic carbocycles. The lowest BCUT2D eigenvalue weighted by Gasteiger charge is -2.22. The van der Waals surface area contributed by atoms with E-state index in [0.29, 0.717) is 29.0 Å². The van der Waals surface area contributed by atoms with Crippen molar-refractivity contribution in [3.8, 4) is 27.3 Å². The number of nitrogens with one attached hydrogen (secondary N) is 1. The van der Waals surface area contributed by atoms with Crippen molar-refractivity contribution in [3.05, 3.63) is 58.2 Å². The van der Waals surface area contributed by atoms with Crippen LogP contribution in [0.3, 0.4) is 0 Å². The number of aldehydes is 1. The van der Waals surface area contributed by atoms with Crippen LogP contribution in [0.4, 0.5) is 0 Å². The molecule has 0 fully saturated rings. The number of carbonyl (C=O) groups is 3. The highest BCUT2D eigenvalue weighted by atomic mass is 32.1. The van der Waals surface area contributed by atoms with E-state index < -0.39 is 17.3 Å². The number of thiophene rings is 1. The van der Waals surface area contributed by atoms with E-state index in [4.69, 9.17) is 9.47 Å². The quantitative estimate of drug-likeness (QED) is 0.391. The molecule has 0 atom stereocenters. The van der Waals surface area contributed by atoms with Crippen molar-refractivity contribution in [1.29, 1.82) is 0 Å². The highest BCUT2D eigenvalue weighted by molar-refractivity contribution is 7.13. The number of fused-ring (bicyclic) bond motifs is 3. The smallest absolute Gasteiger partial charge is 0.357 e. The van der Waals surface area contributed by atoms with Crippen LogP contribution in [-0.4, -0.2) is 48.5 Å². The molecular formula is C25H24N2O6S. The van der Waals surface area contributed by atoms with E-state index in [0.717, 1.165) is 22.3 Å². The van der Waals surface area contributed by atoms with Gasteiger partial charge in [-0.15, -0.1) is 11.3 Å². The van der Waals surface area contributed by atoms with Crippen molar-refractivity contribution in [2.24, 2.45) is 5.41 Å². The second-order valence-corrected chi connectivity index (χ2v) is 9.62. The third-order valence-electron chi connectivity index (χ3n) is 5.61. The van der Waals surface area contributed by atoms with Crippen LogP contribution >= 0.6 is 11.3 Å². The fourth-order valence-electron chi connectivity index (χ4n) is 3.59. The van der Waals surface area contributed by atoms with Gasteiger partial charge in [0, 0.05) is 45.7 Å². The zero-order valence-corrected chi connectivity index (χ0v) is 19.8. The molecule has 0 saturated heterocycles. The molecule has 176 valence electrons. The minimum atomic E-state index is -0.739. The summed E-state index contributed by atoms with van der Waals surface area (Å²) in [6.45, 7) is 4.15. The average molecular weight is 481 g/mol. The number of carbonyl (C=O) groups excluding carboxylic acids is 3. The number of rotatable bonds is 7. The number of aliphatic hydroxyl groups is 1. The number of ether oxygens (including phenoxy) is 2. The second kappa shape index (κ2) is 9.36. The minimum Gasteiger partial charge on any atom is -0.488 e. The lowest BCUT2D eigenvalue weighted by atomic mass is 9.93. The van der Waals surface area contributed by atoms with Crippen LogP contribution in [-0.2, 0) is 11.3 Å². The third-order valence-corrected chi connectivity index (χ3v) is 6.60. The van der Waals surface area contributed by atoms with Crippen LogP contribution in [0, 0.1) is 5.41 Å². The molecule has 0 aliphatic carbocycles. The predicted molar refractivity (Wildman–Crippen MR) is 127 cm³/mol. The Hall–Kier alpha value is -3.56. The molecule has 0 unspecified atom stereocenters. The van der Waals surface area contributed by atoms with Gasteiger partial charge < -0.3 is 19.9 Å². The highest BCUT2D eigenvalue weighted by Crippen LogP contribution is 2.44. The van der Waals surface area contributed by atoms with Gasteiger partial charge in [0.05, 0.1) is 7.11 Å². The molecular weight excluding hydrogens is 456 g/mol. The Morgan fingerprint density at radius 1 is 1.24 bits per heavy atom. The topological polar surface area (TPSA) is 115 Å². The normalized spacial score (nSPS) is 12.2. The van der Waals surface area contributed by atoms with Crippen molar-refractivity contribution < 1.29 is 29.0 Å². The Labute approximate surface area is 200 Å². The molecule has 0 saturated carbocycles. The summed E-state index contributed by atoms with van der Waals surface area (Å²) in [7, 11) is 1.22. The number of amides is 1. The van der Waals surface area contributed by atoms with E-state index in [-0.39, 0.29) is 24.5 Å². The van der Waals surface area contributed by atoms with Gasteiger partial charge in [-0.3, -0.25) is 9.59 Å². The lowest BCUT2D eigenvalue weighted by Crippen LogP contribution is -2.36. The van der Waals surface area contributed by atoms with Gasteiger partial charge in [0.15, 0.2) is 12.0 Å². The number of nitrogens with zero attached hydrogens (tertiary/aromatic N) is 1. The molecule has 1 amide bonds. The van der Waals surface area contributed by atoms with Gasteiger partial charge in [-0.05, 0) is 41.3 Å². The van der Waals surface area contributed by atoms with Crippen molar-refractivity contribution in [1.82, 2.24) is 10.3 Å². The summed E-state index contributed by atoms with van der Waals surface area (Å²) in [6.07, 6.45) is 0.718. The fraction of sp³-hybridized carbons (Fsp3) is 0.280. The summed E-state index contributed by atoms with van der Waals surface area (Å²) in [6, 6.07) is 8.50. The predicted octanol–water partition coefficient (Wildman–Crippen LogP) is 3.72. The standard InChI is InChI=1S/C25H24N2O6S/c1-25(2,13-29)12-26-23(30)19-5-4-16(21(27-19)24(31)32-3)17-9-20-18(8-15(17)10-28)22-14(11-33-20)6-7-34-22/h4-10,29H,11-13H2,1-3H3,(H,26,30). The SMILES string of the molecule is COC(=O)c1nc(C(=O)NCC(C)(C)CO)ccc1-c1cc2c(cc1C=O)-c1sccc1CO2. The summed E-state index contributed by atoms with van der Waals surface area (Å²) in [5, 5.41) is 14.1. The lowest BCUT2D eigenvalue weighted by molar-refractivity contribution is 0.0594. The average Bonchev–Trinajstić information content (AvgIpc) is 3.35. The molecule has 2 aromatic heterocycles. The molecule has 3 aromatic rings. The molecule has 0 radical (unpaired) electrons. The molecule has 0 spiro atoms. The van der Waals surface area contributed by atoms with Gasteiger partial charge in [-0.1, -0.05) is 13.8 Å². The maximum Gasteiger partial charge on any atom is 0.357 e. The molecule has 0 bridgehead atoms. The summed E-state index contributed by atoms with van der Waals surface area (Å²) in [5.74, 6) is -0.636. The summed E-state index contributed by atoms with van der Waals surface area (Å²) < 4.78 is 10.8. The van der Waals surface area contributed by atoms with Crippen LogP contribution in [0.5, 0.6) is 5.75 Å². The Morgan fingerprint density at radius 3 is 2.74 bits per heavy atom. The van der Waals surface area contributed by atoms with E-state index in [1.54, 1.807) is 29.5 Å². The van der Waals surface area contributed by atoms with Crippen LogP contribution in [0.25, 0.3) is 21.6 Å². The number of esters is 1. The van der Waals surface area contributed by atoms with Gasteiger partial charge in [0.25, 0.3) is 5.91 Å². The van der Waals surface area contributed by atoms with E-state index >= 15 is 0 Å². The van der Waals surface area contributed by atoms with Crippen molar-refractivity contribution in [3.63, 3.8) is 0 Å². The fourth-order valence-corrected chi connectivity index (χ4v) is 4.52. The third kappa shape index (κ3) is 4.44. The zero-order valence-electron chi connectivity index (χ0n) is 19.0. The largest absolute Gasteiger partial charge is 0.488 e. The number of pyridine rings is 1. The Kier molecular flexibility index (Phi) is 6.49. The van der Waals surface area contributed by atoms with Crippen LogP contribution < -0.4 is 10.1 Å². The first-order valence-corrected chi connectivity index (χ1v) is 11.5. The van der Waals surface area contributed by atoms with Crippen molar-refractivity contribution >= 4 is 29.5 Å². The Bertz CT molecular complexity index is 1280. The van der Waals surface area contributed by atoms with Gasteiger partial charge in [0.2, 0.25) is 0 Å². The zero-order chi connectivity index (χ0) is 24.5. The van der Waals surface area contributed by atoms with E-state index in [1.807, 2.05) is 25.3 Å². The van der Waals surface area contributed by atoms with E-state index in [1.165, 1.54) is 13.2 Å². The summed E-state index contributed by atoms with van der Waals surface area (Å²) >= 11 is 1.57. The molecule has 2 N–H and O–H groups in total. The Balaban J connectivity index is 1.77. The van der Waals surface area contributed by atoms with Gasteiger partial charge >= 0.3 is 5.97 Å². The molecule has 3 heterocycles. The van der Waals surface area contributed by atoms with E-state index in [2.05, 4.69) is 10.3 Å². The molecule has 34 heavy (non-hydrogen) atoms. The number of benzene rings is 1. The van der Waals surface area contributed by atoms with Crippen LogP contribution in [0.2, 0.25) is 0 Å². The first kappa shape index (κ1) is 23.6. The van der Waals surface area contributed by atoms with Gasteiger partial charge in [-0.2, -0.15) is 0 Å². The first-order valence-electron chi connectivity index (χ1n) is 10.6.